The molecule has 38 heavy (non-hydrogen) atoms. The summed E-state index contributed by atoms with van der Waals surface area (Å²) in [6.45, 7) is 3.33. The molecule has 1 amide bonds. The number of carbonyl (C=O) groups excluding carboxylic acids is 1. The van der Waals surface area contributed by atoms with E-state index in [9.17, 15) is 9.90 Å². The van der Waals surface area contributed by atoms with E-state index < -0.39 is 0 Å². The van der Waals surface area contributed by atoms with E-state index in [1.807, 2.05) is 30.3 Å². The second-order valence-electron chi connectivity index (χ2n) is 10.5. The summed E-state index contributed by atoms with van der Waals surface area (Å²) in [5.74, 6) is -0.0642. The molecule has 1 saturated heterocycles. The summed E-state index contributed by atoms with van der Waals surface area (Å²) in [6, 6.07) is 22.1. The Kier molecular flexibility index (Phi) is 6.97. The minimum atomic E-state index is -0.110. The van der Waals surface area contributed by atoms with Crippen molar-refractivity contribution in [1.82, 2.24) is 15.2 Å². The third-order valence-corrected chi connectivity index (χ3v) is 7.89. The molecule has 6 nitrogen and oxygen atoms in total. The summed E-state index contributed by atoms with van der Waals surface area (Å²) >= 11 is 0. The smallest absolute Gasteiger partial charge is 0.251 e. The number of fused-ring (bicyclic) bond motifs is 2. The van der Waals surface area contributed by atoms with E-state index in [4.69, 9.17) is 0 Å². The van der Waals surface area contributed by atoms with Crippen molar-refractivity contribution in [3.8, 4) is 5.88 Å². The molecule has 1 fully saturated rings. The first-order chi connectivity index (χ1) is 18.6. The molecule has 6 heteroatoms. The van der Waals surface area contributed by atoms with Crippen LogP contribution in [0.1, 0.15) is 70.8 Å². The van der Waals surface area contributed by atoms with Gasteiger partial charge in [0.25, 0.3) is 5.91 Å². The lowest BCUT2D eigenvalue weighted by molar-refractivity contribution is 0.0933. The Morgan fingerprint density at radius 3 is 2.68 bits per heavy atom. The molecule has 0 radical (unpaired) electrons. The van der Waals surface area contributed by atoms with Gasteiger partial charge in [-0.15, -0.1) is 0 Å². The summed E-state index contributed by atoms with van der Waals surface area (Å²) in [4.78, 5) is 23.4. The lowest BCUT2D eigenvalue weighted by Gasteiger charge is -2.26. The molecule has 1 atom stereocenters. The molecular weight excluding hydrogens is 472 g/mol. The highest BCUT2D eigenvalue weighted by molar-refractivity contribution is 6.06. The second kappa shape index (κ2) is 10.8. The molecule has 6 rings (SSSR count). The van der Waals surface area contributed by atoms with Gasteiger partial charge in [-0.2, -0.15) is 0 Å². The number of nitrogens with zero attached hydrogens (tertiary/aromatic N) is 2. The summed E-state index contributed by atoms with van der Waals surface area (Å²) < 4.78 is 0. The zero-order valence-corrected chi connectivity index (χ0v) is 21.6. The lowest BCUT2D eigenvalue weighted by Crippen LogP contribution is -2.30. The summed E-state index contributed by atoms with van der Waals surface area (Å²) in [7, 11) is 0. The molecule has 3 aromatic carbocycles. The SMILES string of the molecule is O=C(NC1CCCc2ccccc21)c1ccc2[nH]c(O)c(C=Nc3ccc(CN4CCCCC4)cc3)c2c1. The Morgan fingerprint density at radius 1 is 1.03 bits per heavy atom. The fourth-order valence-corrected chi connectivity index (χ4v) is 5.82. The number of aromatic amines is 1. The van der Waals surface area contributed by atoms with Gasteiger partial charge in [0, 0.05) is 29.2 Å². The van der Waals surface area contributed by atoms with E-state index in [0.29, 0.717) is 11.1 Å². The molecule has 1 aliphatic heterocycles. The highest BCUT2D eigenvalue weighted by Gasteiger charge is 2.22. The number of aromatic hydroxyl groups is 1. The maximum atomic E-state index is 13.2. The first kappa shape index (κ1) is 24.4. The Morgan fingerprint density at radius 2 is 1.84 bits per heavy atom. The highest BCUT2D eigenvalue weighted by atomic mass is 16.3. The van der Waals surface area contributed by atoms with Gasteiger partial charge in [-0.1, -0.05) is 42.8 Å². The molecule has 4 aromatic rings. The van der Waals surface area contributed by atoms with Gasteiger partial charge in [0.15, 0.2) is 5.88 Å². The Balaban J connectivity index is 1.18. The molecule has 1 unspecified atom stereocenters. The van der Waals surface area contributed by atoms with Gasteiger partial charge in [-0.25, -0.2) is 0 Å². The standard InChI is InChI=1S/C32H34N4O2/c37-31(34-29-10-6-8-23-7-2-3-9-26(23)29)24-13-16-30-27(19-24)28(32(38)35-30)20-33-25-14-11-22(12-15-25)21-36-17-4-1-5-18-36/h2-3,7,9,11-16,19-20,29,35,38H,1,4-6,8,10,17-18,21H2,(H,34,37). The number of aryl methyl sites for hydroxylation is 1. The van der Waals surface area contributed by atoms with Crippen LogP contribution in [0.4, 0.5) is 5.69 Å². The number of aromatic nitrogens is 1. The number of aliphatic imine (C=N–C) groups is 1. The maximum absolute atomic E-state index is 13.2. The van der Waals surface area contributed by atoms with E-state index in [2.05, 4.69) is 50.5 Å². The van der Waals surface area contributed by atoms with Crippen molar-refractivity contribution >= 4 is 28.7 Å². The molecule has 3 N–H and O–H groups in total. The van der Waals surface area contributed by atoms with E-state index in [1.165, 1.54) is 49.0 Å². The van der Waals surface area contributed by atoms with Crippen LogP contribution in [0.25, 0.3) is 10.9 Å². The first-order valence-corrected chi connectivity index (χ1v) is 13.7. The largest absolute Gasteiger partial charge is 0.494 e. The van der Waals surface area contributed by atoms with Crippen LogP contribution in [-0.2, 0) is 13.0 Å². The molecule has 2 heterocycles. The number of hydrogen-bond donors (Lipinski definition) is 3. The molecule has 1 aromatic heterocycles. The number of carbonyl (C=O) groups is 1. The van der Waals surface area contributed by atoms with Crippen molar-refractivity contribution < 1.29 is 9.90 Å². The van der Waals surface area contributed by atoms with Gasteiger partial charge >= 0.3 is 0 Å². The number of piperidine rings is 1. The zero-order valence-electron chi connectivity index (χ0n) is 21.6. The Bertz CT molecular complexity index is 1460. The average Bonchev–Trinajstić information content (AvgIpc) is 3.27. The minimum absolute atomic E-state index is 0.0155. The Labute approximate surface area is 223 Å². The van der Waals surface area contributed by atoms with Crippen LogP contribution >= 0.6 is 0 Å². The molecule has 0 bridgehead atoms. The maximum Gasteiger partial charge on any atom is 0.251 e. The van der Waals surface area contributed by atoms with E-state index >= 15 is 0 Å². The van der Waals surface area contributed by atoms with Gasteiger partial charge in [-0.3, -0.25) is 14.7 Å². The number of amides is 1. The van der Waals surface area contributed by atoms with Gasteiger partial charge in [-0.05, 0) is 92.2 Å². The van der Waals surface area contributed by atoms with Crippen molar-refractivity contribution in [2.45, 2.75) is 51.1 Å². The van der Waals surface area contributed by atoms with E-state index in [-0.39, 0.29) is 17.8 Å². The highest BCUT2D eigenvalue weighted by Crippen LogP contribution is 2.31. The summed E-state index contributed by atoms with van der Waals surface area (Å²) in [5.41, 5.74) is 6.55. The van der Waals surface area contributed by atoms with Gasteiger partial charge in [0.1, 0.15) is 0 Å². The van der Waals surface area contributed by atoms with E-state index in [1.54, 1.807) is 12.3 Å². The number of hydrogen-bond acceptors (Lipinski definition) is 4. The predicted octanol–water partition coefficient (Wildman–Crippen LogP) is 6.42. The van der Waals surface area contributed by atoms with Crippen LogP contribution in [0.15, 0.2) is 71.7 Å². The number of H-pyrrole nitrogens is 1. The normalized spacial score (nSPS) is 18.1. The van der Waals surface area contributed by atoms with Crippen molar-refractivity contribution in [1.29, 1.82) is 0 Å². The second-order valence-corrected chi connectivity index (χ2v) is 10.5. The monoisotopic (exact) mass is 506 g/mol. The van der Waals surface area contributed by atoms with Crippen molar-refractivity contribution in [3.63, 3.8) is 0 Å². The van der Waals surface area contributed by atoms with Crippen molar-refractivity contribution in [2.75, 3.05) is 13.1 Å². The van der Waals surface area contributed by atoms with Crippen LogP contribution in [0, 0.1) is 0 Å². The van der Waals surface area contributed by atoms with Gasteiger partial charge < -0.3 is 15.4 Å². The molecule has 0 saturated carbocycles. The third-order valence-electron chi connectivity index (χ3n) is 7.89. The number of rotatable bonds is 6. The van der Waals surface area contributed by atoms with Crippen LogP contribution in [0.2, 0.25) is 0 Å². The van der Waals surface area contributed by atoms with Crippen LogP contribution < -0.4 is 5.32 Å². The lowest BCUT2D eigenvalue weighted by atomic mass is 9.87. The molecule has 1 aliphatic carbocycles. The van der Waals surface area contributed by atoms with Gasteiger partial charge in [0.2, 0.25) is 0 Å². The van der Waals surface area contributed by atoms with Crippen molar-refractivity contribution in [3.05, 3.63) is 94.5 Å². The zero-order chi connectivity index (χ0) is 25.9. The molecule has 2 aliphatic rings. The Hall–Kier alpha value is -3.90. The fourth-order valence-electron chi connectivity index (χ4n) is 5.82. The van der Waals surface area contributed by atoms with Crippen molar-refractivity contribution in [2.24, 2.45) is 4.99 Å². The number of likely N-dealkylation sites (tertiary alicyclic amines) is 1. The van der Waals surface area contributed by atoms with E-state index in [0.717, 1.165) is 42.4 Å². The van der Waals surface area contributed by atoms with Crippen LogP contribution in [0.3, 0.4) is 0 Å². The predicted molar refractivity (Wildman–Crippen MR) is 152 cm³/mol. The topological polar surface area (TPSA) is 80.7 Å². The minimum Gasteiger partial charge on any atom is -0.494 e. The summed E-state index contributed by atoms with van der Waals surface area (Å²) in [6.07, 6.45) is 8.64. The number of benzene rings is 3. The van der Waals surface area contributed by atoms with Crippen LogP contribution in [-0.4, -0.2) is 40.2 Å². The molecular formula is C32H34N4O2. The quantitative estimate of drug-likeness (QED) is 0.264. The first-order valence-electron chi connectivity index (χ1n) is 13.7. The number of nitrogens with one attached hydrogen (secondary N) is 2. The van der Waals surface area contributed by atoms with Crippen LogP contribution in [0.5, 0.6) is 5.88 Å². The third kappa shape index (κ3) is 5.22. The fraction of sp³-hybridized carbons (Fsp3) is 0.312. The molecule has 0 spiro atoms. The summed E-state index contributed by atoms with van der Waals surface area (Å²) in [5, 5.41) is 14.6. The average molecular weight is 507 g/mol. The molecule has 194 valence electrons. The van der Waals surface area contributed by atoms with Gasteiger partial charge in [0.05, 0.1) is 17.3 Å².